The number of anilines is 1. The monoisotopic (exact) mass is 253 g/mol. The van der Waals surface area contributed by atoms with Gasteiger partial charge in [-0.1, -0.05) is 37.1 Å². The first kappa shape index (κ1) is 13.2. The number of benzene rings is 2. The van der Waals surface area contributed by atoms with Gasteiger partial charge in [0.1, 0.15) is 5.82 Å². The maximum Gasteiger partial charge on any atom is 0.128 e. The quantitative estimate of drug-likeness (QED) is 0.798. The van der Waals surface area contributed by atoms with Crippen LogP contribution in [0.1, 0.15) is 30.5 Å². The SMILES string of the molecule is C#Cc1cccc(NC(CC)c2ccccc2F)c1. The highest BCUT2D eigenvalue weighted by Crippen LogP contribution is 2.24. The predicted molar refractivity (Wildman–Crippen MR) is 77.4 cm³/mol. The molecule has 1 N–H and O–H groups in total. The lowest BCUT2D eigenvalue weighted by atomic mass is 10.0. The Morgan fingerprint density at radius 3 is 2.68 bits per heavy atom. The first-order chi connectivity index (χ1) is 9.24. The molecule has 1 atom stereocenters. The molecule has 0 heterocycles. The van der Waals surface area contributed by atoms with Gasteiger partial charge in [-0.05, 0) is 30.7 Å². The molecule has 0 saturated heterocycles. The van der Waals surface area contributed by atoms with Crippen LogP contribution in [0.3, 0.4) is 0 Å². The van der Waals surface area contributed by atoms with Crippen LogP contribution in [-0.2, 0) is 0 Å². The number of rotatable bonds is 4. The Morgan fingerprint density at radius 2 is 2.00 bits per heavy atom. The molecule has 2 aromatic rings. The van der Waals surface area contributed by atoms with Crippen LogP contribution >= 0.6 is 0 Å². The van der Waals surface area contributed by atoms with E-state index in [9.17, 15) is 4.39 Å². The van der Waals surface area contributed by atoms with E-state index in [2.05, 4.69) is 11.2 Å². The van der Waals surface area contributed by atoms with E-state index in [0.29, 0.717) is 5.56 Å². The van der Waals surface area contributed by atoms with Crippen LogP contribution in [0.2, 0.25) is 0 Å². The predicted octanol–water partition coefficient (Wildman–Crippen LogP) is 4.37. The van der Waals surface area contributed by atoms with Crippen molar-refractivity contribution < 1.29 is 4.39 Å². The molecular formula is C17H16FN. The molecule has 19 heavy (non-hydrogen) atoms. The highest BCUT2D eigenvalue weighted by Gasteiger charge is 2.13. The molecule has 0 spiro atoms. The molecule has 96 valence electrons. The van der Waals surface area contributed by atoms with Gasteiger partial charge < -0.3 is 5.32 Å². The maximum absolute atomic E-state index is 13.8. The second kappa shape index (κ2) is 6.06. The van der Waals surface area contributed by atoms with Crippen LogP contribution in [0, 0.1) is 18.2 Å². The zero-order valence-corrected chi connectivity index (χ0v) is 10.9. The van der Waals surface area contributed by atoms with Crippen molar-refractivity contribution in [3.63, 3.8) is 0 Å². The first-order valence-electron chi connectivity index (χ1n) is 6.32. The van der Waals surface area contributed by atoms with Gasteiger partial charge in [-0.2, -0.15) is 0 Å². The normalized spacial score (nSPS) is 11.6. The number of terminal acetylenes is 1. The van der Waals surface area contributed by atoms with Crippen molar-refractivity contribution in [2.24, 2.45) is 0 Å². The molecule has 0 aliphatic rings. The van der Waals surface area contributed by atoms with Gasteiger partial charge in [0.25, 0.3) is 0 Å². The Labute approximate surface area is 113 Å². The van der Waals surface area contributed by atoms with Crippen molar-refractivity contribution in [3.8, 4) is 12.3 Å². The summed E-state index contributed by atoms with van der Waals surface area (Å²) >= 11 is 0. The Hall–Kier alpha value is -2.27. The molecule has 0 saturated carbocycles. The number of hydrogen-bond donors (Lipinski definition) is 1. The summed E-state index contributed by atoms with van der Waals surface area (Å²) in [5, 5.41) is 3.32. The van der Waals surface area contributed by atoms with Gasteiger partial charge in [-0.3, -0.25) is 0 Å². The lowest BCUT2D eigenvalue weighted by Gasteiger charge is -2.19. The molecule has 2 aromatic carbocycles. The fourth-order valence-electron chi connectivity index (χ4n) is 2.06. The molecule has 0 aromatic heterocycles. The fourth-order valence-corrected chi connectivity index (χ4v) is 2.06. The van der Waals surface area contributed by atoms with Gasteiger partial charge in [0.05, 0.1) is 6.04 Å². The minimum Gasteiger partial charge on any atom is -0.378 e. The zero-order valence-electron chi connectivity index (χ0n) is 10.9. The molecule has 0 bridgehead atoms. The van der Waals surface area contributed by atoms with Crippen molar-refractivity contribution in [1.82, 2.24) is 0 Å². The zero-order chi connectivity index (χ0) is 13.7. The van der Waals surface area contributed by atoms with E-state index in [1.54, 1.807) is 6.07 Å². The summed E-state index contributed by atoms with van der Waals surface area (Å²) in [7, 11) is 0. The standard InChI is InChI=1S/C17H16FN/c1-3-13-8-7-9-14(12-13)19-17(4-2)15-10-5-6-11-16(15)18/h1,5-12,17,19H,4H2,2H3. The Bertz CT molecular complexity index is 598. The minimum absolute atomic E-state index is 0.0609. The molecular weight excluding hydrogens is 237 g/mol. The largest absolute Gasteiger partial charge is 0.378 e. The van der Waals surface area contributed by atoms with E-state index in [1.807, 2.05) is 43.3 Å². The van der Waals surface area contributed by atoms with Crippen LogP contribution in [0.5, 0.6) is 0 Å². The van der Waals surface area contributed by atoms with E-state index in [4.69, 9.17) is 6.42 Å². The molecule has 1 nitrogen and oxygen atoms in total. The summed E-state index contributed by atoms with van der Waals surface area (Å²) in [5.41, 5.74) is 2.40. The highest BCUT2D eigenvalue weighted by atomic mass is 19.1. The lowest BCUT2D eigenvalue weighted by molar-refractivity contribution is 0.587. The smallest absolute Gasteiger partial charge is 0.128 e. The molecule has 1 unspecified atom stereocenters. The van der Waals surface area contributed by atoms with Gasteiger partial charge >= 0.3 is 0 Å². The van der Waals surface area contributed by atoms with Crippen LogP contribution in [-0.4, -0.2) is 0 Å². The van der Waals surface area contributed by atoms with E-state index >= 15 is 0 Å². The molecule has 0 fully saturated rings. The van der Waals surface area contributed by atoms with Gasteiger partial charge in [-0.15, -0.1) is 6.42 Å². The van der Waals surface area contributed by atoms with E-state index in [1.165, 1.54) is 6.07 Å². The van der Waals surface area contributed by atoms with Gasteiger partial charge in [-0.25, -0.2) is 4.39 Å². The Balaban J connectivity index is 2.24. The van der Waals surface area contributed by atoms with Gasteiger partial charge in [0, 0.05) is 16.8 Å². The highest BCUT2D eigenvalue weighted by molar-refractivity contribution is 5.51. The Morgan fingerprint density at radius 1 is 1.21 bits per heavy atom. The third-order valence-corrected chi connectivity index (χ3v) is 3.06. The summed E-state index contributed by atoms with van der Waals surface area (Å²) in [6.45, 7) is 2.02. The van der Waals surface area contributed by atoms with Gasteiger partial charge in [0.15, 0.2) is 0 Å². The topological polar surface area (TPSA) is 12.0 Å². The van der Waals surface area contributed by atoms with Crippen molar-refractivity contribution >= 4 is 5.69 Å². The van der Waals surface area contributed by atoms with E-state index in [0.717, 1.165) is 17.7 Å². The van der Waals surface area contributed by atoms with E-state index < -0.39 is 0 Å². The average Bonchev–Trinajstić information content (AvgIpc) is 2.46. The summed E-state index contributed by atoms with van der Waals surface area (Å²) in [6.07, 6.45) is 6.17. The molecule has 0 radical (unpaired) electrons. The second-order valence-electron chi connectivity index (χ2n) is 4.35. The number of halogens is 1. The van der Waals surface area contributed by atoms with Crippen molar-refractivity contribution in [1.29, 1.82) is 0 Å². The molecule has 0 aliphatic heterocycles. The summed E-state index contributed by atoms with van der Waals surface area (Å²) < 4.78 is 13.8. The van der Waals surface area contributed by atoms with Crippen molar-refractivity contribution in [2.45, 2.75) is 19.4 Å². The van der Waals surface area contributed by atoms with Crippen LogP contribution in [0.4, 0.5) is 10.1 Å². The Kier molecular flexibility index (Phi) is 4.20. The third kappa shape index (κ3) is 3.14. The third-order valence-electron chi connectivity index (χ3n) is 3.06. The summed E-state index contributed by atoms with van der Waals surface area (Å²) in [5.74, 6) is 2.41. The summed E-state index contributed by atoms with van der Waals surface area (Å²) in [6, 6.07) is 14.4. The average molecular weight is 253 g/mol. The molecule has 0 aliphatic carbocycles. The number of hydrogen-bond acceptors (Lipinski definition) is 1. The molecule has 2 rings (SSSR count). The van der Waals surface area contributed by atoms with Crippen LogP contribution in [0.15, 0.2) is 48.5 Å². The second-order valence-corrected chi connectivity index (χ2v) is 4.35. The van der Waals surface area contributed by atoms with Crippen molar-refractivity contribution in [2.75, 3.05) is 5.32 Å². The van der Waals surface area contributed by atoms with E-state index in [-0.39, 0.29) is 11.9 Å². The fraction of sp³-hybridized carbons (Fsp3) is 0.176. The van der Waals surface area contributed by atoms with Crippen LogP contribution in [0.25, 0.3) is 0 Å². The number of nitrogens with one attached hydrogen (secondary N) is 1. The van der Waals surface area contributed by atoms with Crippen LogP contribution < -0.4 is 5.32 Å². The molecule has 0 amide bonds. The van der Waals surface area contributed by atoms with Crippen molar-refractivity contribution in [3.05, 3.63) is 65.5 Å². The lowest BCUT2D eigenvalue weighted by Crippen LogP contribution is -2.11. The minimum atomic E-state index is -0.185. The first-order valence-corrected chi connectivity index (χ1v) is 6.32. The molecule has 2 heteroatoms. The van der Waals surface area contributed by atoms with Gasteiger partial charge in [0.2, 0.25) is 0 Å². The summed E-state index contributed by atoms with van der Waals surface area (Å²) in [4.78, 5) is 0. The maximum atomic E-state index is 13.8.